The SMILES string of the molecule is CCNC(=O)N1CCC2(CCn3nc(-c4cnc5cc(F)c(F)cc5c4)cc32)C1. The van der Waals surface area contributed by atoms with Crippen LogP contribution in [0.3, 0.4) is 0 Å². The van der Waals surface area contributed by atoms with Crippen LogP contribution in [0.15, 0.2) is 30.5 Å². The molecule has 29 heavy (non-hydrogen) atoms. The molecule has 3 aromatic rings. The molecule has 2 aromatic heterocycles. The van der Waals surface area contributed by atoms with E-state index in [-0.39, 0.29) is 11.4 Å². The summed E-state index contributed by atoms with van der Waals surface area (Å²) in [6.07, 6.45) is 3.52. The Hall–Kier alpha value is -3.03. The molecule has 1 fully saturated rings. The fourth-order valence-electron chi connectivity index (χ4n) is 4.59. The fraction of sp³-hybridized carbons (Fsp3) is 0.381. The minimum absolute atomic E-state index is 0.0180. The molecule has 1 aromatic carbocycles. The van der Waals surface area contributed by atoms with Crippen molar-refractivity contribution in [3.63, 3.8) is 0 Å². The summed E-state index contributed by atoms with van der Waals surface area (Å²) in [7, 11) is 0. The second-order valence-corrected chi connectivity index (χ2v) is 7.86. The van der Waals surface area contributed by atoms with Crippen LogP contribution in [0.4, 0.5) is 13.6 Å². The highest BCUT2D eigenvalue weighted by atomic mass is 19.2. The number of aryl methyl sites for hydroxylation is 1. The third-order valence-corrected chi connectivity index (χ3v) is 6.11. The molecule has 4 heterocycles. The highest BCUT2D eigenvalue weighted by Gasteiger charge is 2.46. The Morgan fingerprint density at radius 3 is 2.79 bits per heavy atom. The summed E-state index contributed by atoms with van der Waals surface area (Å²) >= 11 is 0. The summed E-state index contributed by atoms with van der Waals surface area (Å²) in [5, 5.41) is 8.13. The van der Waals surface area contributed by atoms with Crippen molar-refractivity contribution < 1.29 is 13.6 Å². The number of carbonyl (C=O) groups is 1. The average molecular weight is 397 g/mol. The first-order chi connectivity index (χ1) is 14.0. The normalized spacial score (nSPS) is 20.6. The minimum atomic E-state index is -0.904. The van der Waals surface area contributed by atoms with Crippen molar-refractivity contribution in [3.05, 3.63) is 47.8 Å². The van der Waals surface area contributed by atoms with E-state index < -0.39 is 11.6 Å². The van der Waals surface area contributed by atoms with Crippen molar-refractivity contribution in [2.75, 3.05) is 19.6 Å². The Bertz CT molecular complexity index is 1130. The topological polar surface area (TPSA) is 63.1 Å². The number of fused-ring (bicyclic) bond motifs is 3. The first-order valence-corrected chi connectivity index (χ1v) is 9.85. The van der Waals surface area contributed by atoms with Gasteiger partial charge in [0.1, 0.15) is 0 Å². The summed E-state index contributed by atoms with van der Waals surface area (Å²) in [5.41, 5.74) is 2.98. The predicted octanol–water partition coefficient (Wildman–Crippen LogP) is 3.45. The van der Waals surface area contributed by atoms with Gasteiger partial charge in [0.15, 0.2) is 11.6 Å². The van der Waals surface area contributed by atoms with Gasteiger partial charge in [-0.15, -0.1) is 0 Å². The van der Waals surface area contributed by atoms with Crippen LogP contribution >= 0.6 is 0 Å². The first-order valence-electron chi connectivity index (χ1n) is 9.85. The third kappa shape index (κ3) is 2.85. The molecule has 6 nitrogen and oxygen atoms in total. The van der Waals surface area contributed by atoms with Crippen LogP contribution in [0.1, 0.15) is 25.5 Å². The van der Waals surface area contributed by atoms with Gasteiger partial charge >= 0.3 is 6.03 Å². The van der Waals surface area contributed by atoms with E-state index in [1.165, 1.54) is 0 Å². The molecule has 2 aliphatic heterocycles. The highest BCUT2D eigenvalue weighted by Crippen LogP contribution is 2.43. The quantitative estimate of drug-likeness (QED) is 0.720. The molecule has 1 atom stereocenters. The molecule has 0 radical (unpaired) electrons. The van der Waals surface area contributed by atoms with Crippen molar-refractivity contribution in [1.82, 2.24) is 25.0 Å². The monoisotopic (exact) mass is 397 g/mol. The van der Waals surface area contributed by atoms with Gasteiger partial charge in [-0.2, -0.15) is 5.10 Å². The number of hydrogen-bond acceptors (Lipinski definition) is 3. The van der Waals surface area contributed by atoms with Gasteiger partial charge in [0.25, 0.3) is 0 Å². The number of urea groups is 1. The van der Waals surface area contributed by atoms with E-state index in [9.17, 15) is 13.6 Å². The molecule has 2 amide bonds. The van der Waals surface area contributed by atoms with Crippen LogP contribution < -0.4 is 5.32 Å². The number of hydrogen-bond donors (Lipinski definition) is 1. The number of nitrogens with one attached hydrogen (secondary N) is 1. The summed E-state index contributed by atoms with van der Waals surface area (Å²) in [4.78, 5) is 18.4. The van der Waals surface area contributed by atoms with Crippen molar-refractivity contribution in [2.45, 2.75) is 31.7 Å². The Balaban J connectivity index is 1.47. The second-order valence-electron chi connectivity index (χ2n) is 7.86. The summed E-state index contributed by atoms with van der Waals surface area (Å²) in [6, 6.07) is 6.08. The molecule has 150 valence electrons. The Morgan fingerprint density at radius 2 is 1.97 bits per heavy atom. The van der Waals surface area contributed by atoms with E-state index >= 15 is 0 Å². The van der Waals surface area contributed by atoms with Crippen LogP contribution in [0.2, 0.25) is 0 Å². The predicted molar refractivity (Wildman–Crippen MR) is 104 cm³/mol. The van der Waals surface area contributed by atoms with E-state index in [4.69, 9.17) is 5.10 Å². The molecule has 2 aliphatic rings. The Kier molecular flexibility index (Phi) is 4.04. The fourth-order valence-corrected chi connectivity index (χ4v) is 4.59. The standard InChI is InChI=1S/C21H21F2N5O/c1-2-24-20(29)27-5-3-21(12-27)4-6-28-19(21)10-18(26-28)14-7-13-8-15(22)16(23)9-17(13)25-11-14/h7-11H,2-6,12H2,1H3,(H,24,29). The van der Waals surface area contributed by atoms with Crippen LogP contribution in [-0.2, 0) is 12.0 Å². The van der Waals surface area contributed by atoms with E-state index in [0.717, 1.165) is 55.0 Å². The zero-order chi connectivity index (χ0) is 20.2. The van der Waals surface area contributed by atoms with Crippen LogP contribution in [0, 0.1) is 11.6 Å². The average Bonchev–Trinajstić information content (AvgIpc) is 3.40. The largest absolute Gasteiger partial charge is 0.338 e. The molecule has 1 unspecified atom stereocenters. The lowest BCUT2D eigenvalue weighted by atomic mass is 9.82. The maximum absolute atomic E-state index is 13.6. The lowest BCUT2D eigenvalue weighted by molar-refractivity contribution is 0.206. The van der Waals surface area contributed by atoms with E-state index in [2.05, 4.69) is 16.4 Å². The first kappa shape index (κ1) is 18.0. The number of carbonyl (C=O) groups excluding carboxylic acids is 1. The molecule has 1 saturated heterocycles. The third-order valence-electron chi connectivity index (χ3n) is 6.11. The number of likely N-dealkylation sites (tertiary alicyclic amines) is 1. The van der Waals surface area contributed by atoms with Gasteiger partial charge in [0.05, 0.1) is 11.2 Å². The number of nitrogens with zero attached hydrogens (tertiary/aromatic N) is 4. The number of aromatic nitrogens is 3. The van der Waals surface area contributed by atoms with Gasteiger partial charge in [-0.25, -0.2) is 13.6 Å². The van der Waals surface area contributed by atoms with Crippen molar-refractivity contribution in [1.29, 1.82) is 0 Å². The van der Waals surface area contributed by atoms with Crippen molar-refractivity contribution >= 4 is 16.9 Å². The van der Waals surface area contributed by atoms with E-state index in [1.807, 2.05) is 16.5 Å². The zero-order valence-corrected chi connectivity index (χ0v) is 16.1. The summed E-state index contributed by atoms with van der Waals surface area (Å²) in [6.45, 7) is 4.75. The number of amides is 2. The maximum Gasteiger partial charge on any atom is 0.317 e. The maximum atomic E-state index is 13.6. The smallest absolute Gasteiger partial charge is 0.317 e. The van der Waals surface area contributed by atoms with Crippen LogP contribution in [0.5, 0.6) is 0 Å². The van der Waals surface area contributed by atoms with E-state index in [1.54, 1.807) is 12.3 Å². The van der Waals surface area contributed by atoms with Gasteiger partial charge in [-0.05, 0) is 38.0 Å². The number of benzene rings is 1. The molecule has 0 saturated carbocycles. The lowest BCUT2D eigenvalue weighted by Gasteiger charge is -2.23. The van der Waals surface area contributed by atoms with Gasteiger partial charge in [-0.1, -0.05) is 0 Å². The summed E-state index contributed by atoms with van der Waals surface area (Å²) in [5.74, 6) is -1.79. The molecule has 8 heteroatoms. The van der Waals surface area contributed by atoms with Crippen LogP contribution in [-0.4, -0.2) is 45.3 Å². The second kappa shape index (κ2) is 6.50. The number of pyridine rings is 1. The number of rotatable bonds is 2. The summed E-state index contributed by atoms with van der Waals surface area (Å²) < 4.78 is 29.0. The number of halogens is 2. The zero-order valence-electron chi connectivity index (χ0n) is 16.1. The van der Waals surface area contributed by atoms with Gasteiger partial charge in [0, 0.05) is 60.5 Å². The molecular weight excluding hydrogens is 376 g/mol. The van der Waals surface area contributed by atoms with Crippen molar-refractivity contribution in [3.8, 4) is 11.3 Å². The minimum Gasteiger partial charge on any atom is -0.338 e. The van der Waals surface area contributed by atoms with Gasteiger partial charge < -0.3 is 10.2 Å². The van der Waals surface area contributed by atoms with Gasteiger partial charge in [-0.3, -0.25) is 9.67 Å². The lowest BCUT2D eigenvalue weighted by Crippen LogP contribution is -2.40. The van der Waals surface area contributed by atoms with Crippen LogP contribution in [0.25, 0.3) is 22.2 Å². The Labute approximate surface area is 166 Å². The van der Waals surface area contributed by atoms with Gasteiger partial charge in [0.2, 0.25) is 0 Å². The molecule has 0 aliphatic carbocycles. The molecule has 5 rings (SSSR count). The molecular formula is C21H21F2N5O. The molecule has 1 spiro atoms. The molecule has 1 N–H and O–H groups in total. The molecule has 0 bridgehead atoms. The van der Waals surface area contributed by atoms with Crippen molar-refractivity contribution in [2.24, 2.45) is 0 Å². The Morgan fingerprint density at radius 1 is 1.17 bits per heavy atom. The van der Waals surface area contributed by atoms with E-state index in [0.29, 0.717) is 24.0 Å². The highest BCUT2D eigenvalue weighted by molar-refractivity contribution is 5.83.